The molecule has 3 atom stereocenters. The zero-order valence-corrected chi connectivity index (χ0v) is 15.0. The fourth-order valence-electron chi connectivity index (χ4n) is 2.80. The third kappa shape index (κ3) is 4.80. The van der Waals surface area contributed by atoms with Crippen LogP contribution >= 0.6 is 0 Å². The summed E-state index contributed by atoms with van der Waals surface area (Å²) in [7, 11) is 0. The number of hydrogen-bond donors (Lipinski definition) is 4. The molecule has 0 spiro atoms. The van der Waals surface area contributed by atoms with Crippen molar-refractivity contribution in [3.63, 3.8) is 0 Å². The van der Waals surface area contributed by atoms with E-state index in [-0.39, 0.29) is 18.2 Å². The minimum Gasteiger partial charge on any atom is -0.480 e. The third-order valence-corrected chi connectivity index (χ3v) is 4.45. The highest BCUT2D eigenvalue weighted by atomic mass is 16.4. The number of carboxylic acids is 1. The van der Waals surface area contributed by atoms with Crippen molar-refractivity contribution in [2.45, 2.75) is 44.8 Å². The van der Waals surface area contributed by atoms with Crippen LogP contribution in [0.2, 0.25) is 0 Å². The van der Waals surface area contributed by atoms with Crippen molar-refractivity contribution in [1.29, 1.82) is 0 Å². The summed E-state index contributed by atoms with van der Waals surface area (Å²) >= 11 is 0. The van der Waals surface area contributed by atoms with Crippen LogP contribution in [0.15, 0.2) is 30.3 Å². The van der Waals surface area contributed by atoms with Crippen LogP contribution in [-0.4, -0.2) is 52.6 Å². The molecule has 0 unspecified atom stereocenters. The maximum absolute atomic E-state index is 12.6. The van der Waals surface area contributed by atoms with Gasteiger partial charge in [-0.25, -0.2) is 10.2 Å². The Hall–Kier alpha value is -2.45. The SMILES string of the molecule is CC(C)[C@H](N)C(=O)N1NCC[C@H]1C(=O)N[C@@H](Cc1ccccc1)C(=O)O. The van der Waals surface area contributed by atoms with Crippen LogP contribution in [-0.2, 0) is 20.8 Å². The van der Waals surface area contributed by atoms with Gasteiger partial charge in [0.2, 0.25) is 5.91 Å². The van der Waals surface area contributed by atoms with E-state index < -0.39 is 30.0 Å². The Morgan fingerprint density at radius 1 is 1.31 bits per heavy atom. The molecule has 5 N–H and O–H groups in total. The third-order valence-electron chi connectivity index (χ3n) is 4.45. The van der Waals surface area contributed by atoms with Gasteiger partial charge >= 0.3 is 5.97 Å². The quantitative estimate of drug-likeness (QED) is 0.536. The molecule has 8 nitrogen and oxygen atoms in total. The molecule has 1 aliphatic rings. The second kappa shape index (κ2) is 8.77. The molecule has 1 aromatic rings. The number of benzene rings is 1. The average molecular weight is 362 g/mol. The number of carbonyl (C=O) groups is 3. The van der Waals surface area contributed by atoms with Crippen LogP contribution in [0, 0.1) is 5.92 Å². The lowest BCUT2D eigenvalue weighted by atomic mass is 10.0. The van der Waals surface area contributed by atoms with Crippen molar-refractivity contribution in [2.75, 3.05) is 6.54 Å². The van der Waals surface area contributed by atoms with Crippen molar-refractivity contribution >= 4 is 17.8 Å². The van der Waals surface area contributed by atoms with Crippen LogP contribution in [0.3, 0.4) is 0 Å². The van der Waals surface area contributed by atoms with Gasteiger partial charge in [-0.05, 0) is 17.9 Å². The number of aliphatic carboxylic acids is 1. The van der Waals surface area contributed by atoms with E-state index in [4.69, 9.17) is 5.73 Å². The van der Waals surface area contributed by atoms with Gasteiger partial charge in [0, 0.05) is 13.0 Å². The summed E-state index contributed by atoms with van der Waals surface area (Å²) in [5.41, 5.74) is 9.57. The van der Waals surface area contributed by atoms with Gasteiger partial charge in [-0.15, -0.1) is 0 Å². The van der Waals surface area contributed by atoms with Crippen molar-refractivity contribution in [3.05, 3.63) is 35.9 Å². The first-order chi connectivity index (χ1) is 12.3. The zero-order chi connectivity index (χ0) is 19.3. The molecule has 2 rings (SSSR count). The first kappa shape index (κ1) is 19.9. The van der Waals surface area contributed by atoms with Gasteiger partial charge in [0.1, 0.15) is 12.1 Å². The molecule has 0 bridgehead atoms. The molecular formula is C18H26N4O4. The Morgan fingerprint density at radius 2 is 1.96 bits per heavy atom. The lowest BCUT2D eigenvalue weighted by Crippen LogP contribution is -2.57. The first-order valence-electron chi connectivity index (χ1n) is 8.70. The Balaban J connectivity index is 2.05. The second-order valence-corrected chi connectivity index (χ2v) is 6.78. The number of rotatable bonds is 7. The monoisotopic (exact) mass is 362 g/mol. The highest BCUT2D eigenvalue weighted by Crippen LogP contribution is 2.14. The molecule has 26 heavy (non-hydrogen) atoms. The predicted octanol–water partition coefficient (Wildman–Crippen LogP) is -0.113. The van der Waals surface area contributed by atoms with E-state index in [1.807, 2.05) is 32.0 Å². The Kier molecular flexibility index (Phi) is 6.70. The largest absolute Gasteiger partial charge is 0.480 e. The van der Waals surface area contributed by atoms with E-state index in [2.05, 4.69) is 10.7 Å². The topological polar surface area (TPSA) is 125 Å². The van der Waals surface area contributed by atoms with Crippen LogP contribution in [0.1, 0.15) is 25.8 Å². The number of nitrogens with one attached hydrogen (secondary N) is 2. The molecule has 142 valence electrons. The van der Waals surface area contributed by atoms with Crippen molar-refractivity contribution < 1.29 is 19.5 Å². The van der Waals surface area contributed by atoms with E-state index in [0.717, 1.165) is 5.56 Å². The predicted molar refractivity (Wildman–Crippen MR) is 95.8 cm³/mol. The number of nitrogens with zero attached hydrogens (tertiary/aromatic N) is 1. The normalized spacial score (nSPS) is 19.2. The lowest BCUT2D eigenvalue weighted by molar-refractivity contribution is -0.145. The summed E-state index contributed by atoms with van der Waals surface area (Å²) in [6.45, 7) is 4.10. The minimum absolute atomic E-state index is 0.0709. The van der Waals surface area contributed by atoms with Crippen molar-refractivity contribution in [3.8, 4) is 0 Å². The van der Waals surface area contributed by atoms with E-state index in [1.54, 1.807) is 12.1 Å². The van der Waals surface area contributed by atoms with E-state index in [0.29, 0.717) is 13.0 Å². The average Bonchev–Trinajstić information content (AvgIpc) is 3.10. The minimum atomic E-state index is -1.12. The van der Waals surface area contributed by atoms with Crippen LogP contribution in [0.25, 0.3) is 0 Å². The molecule has 0 aromatic heterocycles. The smallest absolute Gasteiger partial charge is 0.326 e. The number of carboxylic acid groups (broad SMARTS) is 1. The highest BCUT2D eigenvalue weighted by Gasteiger charge is 2.38. The van der Waals surface area contributed by atoms with Gasteiger partial charge < -0.3 is 16.2 Å². The molecule has 0 radical (unpaired) electrons. The number of hydrazine groups is 1. The van der Waals surface area contributed by atoms with Crippen molar-refractivity contribution in [2.24, 2.45) is 11.7 Å². The molecule has 1 fully saturated rings. The zero-order valence-electron chi connectivity index (χ0n) is 15.0. The summed E-state index contributed by atoms with van der Waals surface area (Å²) in [6.07, 6.45) is 0.571. The lowest BCUT2D eigenvalue weighted by Gasteiger charge is -2.28. The molecule has 2 amide bonds. The maximum atomic E-state index is 12.6. The van der Waals surface area contributed by atoms with Gasteiger partial charge in [-0.2, -0.15) is 0 Å². The summed E-state index contributed by atoms with van der Waals surface area (Å²) in [5.74, 6) is -2.06. The van der Waals surface area contributed by atoms with Gasteiger partial charge in [0.05, 0.1) is 6.04 Å². The molecule has 1 aromatic carbocycles. The molecule has 1 heterocycles. The fraction of sp³-hybridized carbons (Fsp3) is 0.500. The number of hydrogen-bond acceptors (Lipinski definition) is 5. The molecule has 0 aliphatic carbocycles. The van der Waals surface area contributed by atoms with Crippen LogP contribution in [0.5, 0.6) is 0 Å². The summed E-state index contributed by atoms with van der Waals surface area (Å²) in [6, 6.07) is 6.49. The van der Waals surface area contributed by atoms with E-state index in [1.165, 1.54) is 5.01 Å². The second-order valence-electron chi connectivity index (χ2n) is 6.78. The fourth-order valence-corrected chi connectivity index (χ4v) is 2.80. The highest BCUT2D eigenvalue weighted by molar-refractivity contribution is 5.92. The van der Waals surface area contributed by atoms with Gasteiger partial charge in [-0.1, -0.05) is 44.2 Å². The van der Waals surface area contributed by atoms with Gasteiger partial charge in [0.15, 0.2) is 0 Å². The van der Waals surface area contributed by atoms with Crippen molar-refractivity contribution in [1.82, 2.24) is 15.8 Å². The first-order valence-corrected chi connectivity index (χ1v) is 8.70. The molecule has 1 aliphatic heterocycles. The number of carbonyl (C=O) groups excluding carboxylic acids is 2. The number of amides is 2. The summed E-state index contributed by atoms with van der Waals surface area (Å²) < 4.78 is 0. The Labute approximate surface area is 152 Å². The molecule has 1 saturated heterocycles. The maximum Gasteiger partial charge on any atom is 0.326 e. The molecular weight excluding hydrogens is 336 g/mol. The van der Waals surface area contributed by atoms with Crippen LogP contribution in [0.4, 0.5) is 0 Å². The summed E-state index contributed by atoms with van der Waals surface area (Å²) in [4.78, 5) is 36.6. The Morgan fingerprint density at radius 3 is 2.54 bits per heavy atom. The van der Waals surface area contributed by atoms with E-state index in [9.17, 15) is 19.5 Å². The number of nitrogens with two attached hydrogens (primary N) is 1. The standard InChI is InChI=1S/C18H26N4O4/c1-11(2)15(19)17(24)22-14(8-9-20-22)16(23)21-13(18(25)26)10-12-6-4-3-5-7-12/h3-7,11,13-15,20H,8-10,19H2,1-2H3,(H,21,23)(H,25,26)/t13-,14-,15-/m0/s1. The van der Waals surface area contributed by atoms with E-state index >= 15 is 0 Å². The van der Waals surface area contributed by atoms with Gasteiger partial charge in [-0.3, -0.25) is 14.6 Å². The van der Waals surface area contributed by atoms with Crippen LogP contribution < -0.4 is 16.5 Å². The molecule has 8 heteroatoms. The Bertz CT molecular complexity index is 650. The summed E-state index contributed by atoms with van der Waals surface area (Å²) in [5, 5.41) is 13.2. The molecule has 0 saturated carbocycles. The van der Waals surface area contributed by atoms with Gasteiger partial charge in [0.25, 0.3) is 5.91 Å².